The third-order valence-corrected chi connectivity index (χ3v) is 1.82. The van der Waals surface area contributed by atoms with Crippen LogP contribution in [0, 0.1) is 4.91 Å². The van der Waals surface area contributed by atoms with Gasteiger partial charge in [-0.05, 0) is 7.05 Å². The first kappa shape index (κ1) is 9.33. The number of hydrogen-bond acceptors (Lipinski definition) is 5. The maximum atomic E-state index is 9.83. The van der Waals surface area contributed by atoms with Crippen LogP contribution >= 0.6 is 0 Å². The monoisotopic (exact) mass is 176 g/mol. The molecule has 0 bridgehead atoms. The summed E-state index contributed by atoms with van der Waals surface area (Å²) in [6.45, 7) is 3.45. The molecule has 1 aliphatic heterocycles. The maximum Gasteiger partial charge on any atom is 0.139 e. The highest BCUT2D eigenvalue weighted by Crippen LogP contribution is 1.95. The molecule has 1 fully saturated rings. The van der Waals surface area contributed by atoms with Crippen molar-refractivity contribution in [3.63, 3.8) is 0 Å². The molecule has 0 aromatic carbocycles. The summed E-state index contributed by atoms with van der Waals surface area (Å²) < 4.78 is 0. The van der Waals surface area contributed by atoms with Crippen LogP contribution in [0.5, 0.6) is 0 Å². The summed E-state index contributed by atoms with van der Waals surface area (Å²) >= 11 is 0. The summed E-state index contributed by atoms with van der Waals surface area (Å²) in [6, 6.07) is 0. The Hall–Kier alpha value is -0.760. The Morgan fingerprint density at radius 1 is 1.42 bits per heavy atom. The highest BCUT2D eigenvalue weighted by molar-refractivity contribution is 4.64. The molecule has 0 atom stereocenters. The van der Waals surface area contributed by atoms with Crippen molar-refractivity contribution in [1.82, 2.24) is 20.7 Å². The normalized spacial score (nSPS) is 20.8. The number of rotatable bonds is 3. The van der Waals surface area contributed by atoms with Gasteiger partial charge in [-0.15, -0.1) is 4.91 Å². The lowest BCUT2D eigenvalue weighted by molar-refractivity contribution is -0.195. The molecule has 0 unspecified atom stereocenters. The Morgan fingerprint density at radius 3 is 2.50 bits per heavy atom. The minimum atomic E-state index is 0.422. The van der Waals surface area contributed by atoms with Crippen molar-refractivity contribution in [3.05, 3.63) is 4.91 Å². The smallest absolute Gasteiger partial charge is 0.139 e. The molecule has 7 nitrogen and oxygen atoms in total. The number of nitrogens with one attached hydrogen (secondary N) is 1. The minimum absolute atomic E-state index is 0.422. The zero-order valence-corrected chi connectivity index (χ0v) is 7.03. The Kier molecular flexibility index (Phi) is 3.35. The van der Waals surface area contributed by atoms with E-state index in [0.29, 0.717) is 5.28 Å². The van der Waals surface area contributed by atoms with Crippen LogP contribution in [0.1, 0.15) is 0 Å². The molecule has 1 aliphatic rings. The average Bonchev–Trinajstić information content (AvgIpc) is 2.09. The second-order valence-corrected chi connectivity index (χ2v) is 2.78. The fourth-order valence-electron chi connectivity index (χ4n) is 1.06. The van der Waals surface area contributed by atoms with Gasteiger partial charge >= 0.3 is 0 Å². The predicted molar refractivity (Wildman–Crippen MR) is 43.5 cm³/mol. The first-order valence-electron chi connectivity index (χ1n) is 3.77. The number of nitroso groups, excluding NO2 is 1. The Morgan fingerprint density at radius 2 is 2.00 bits per heavy atom. The second-order valence-electron chi connectivity index (χ2n) is 2.78. The van der Waals surface area contributed by atoms with E-state index in [1.807, 2.05) is 7.05 Å². The van der Waals surface area contributed by atoms with Gasteiger partial charge in [0, 0.05) is 26.2 Å². The summed E-state index contributed by atoms with van der Waals surface area (Å²) in [7, 11) is 2.04. The topological polar surface area (TPSA) is 74.1 Å². The molecule has 7 heteroatoms. The lowest BCUT2D eigenvalue weighted by Gasteiger charge is -2.31. The van der Waals surface area contributed by atoms with Crippen molar-refractivity contribution in [2.75, 3.05) is 33.2 Å². The van der Waals surface area contributed by atoms with E-state index in [0.717, 1.165) is 26.2 Å². The summed E-state index contributed by atoms with van der Waals surface area (Å²) in [5.41, 5.74) is 2.52. The van der Waals surface area contributed by atoms with E-state index in [1.165, 1.54) is 0 Å². The van der Waals surface area contributed by atoms with E-state index in [2.05, 4.69) is 15.7 Å². The fourth-order valence-corrected chi connectivity index (χ4v) is 1.06. The van der Waals surface area contributed by atoms with Crippen LogP contribution in [0.15, 0.2) is 5.29 Å². The van der Waals surface area contributed by atoms with Crippen molar-refractivity contribution >= 4 is 0 Å². The molecule has 0 radical (unpaired) electrons. The molecular formula is C5H14N5O2+. The molecule has 0 spiro atoms. The van der Waals surface area contributed by atoms with Gasteiger partial charge in [0.2, 0.25) is 0 Å². The van der Waals surface area contributed by atoms with Crippen molar-refractivity contribution in [2.45, 2.75) is 0 Å². The Labute approximate surface area is 70.4 Å². The predicted octanol–water partition coefficient (Wildman–Crippen LogP) is -1.72. The van der Waals surface area contributed by atoms with Crippen molar-refractivity contribution < 1.29 is 5.21 Å². The zero-order chi connectivity index (χ0) is 8.97. The van der Waals surface area contributed by atoms with Crippen LogP contribution in [0.25, 0.3) is 0 Å². The third kappa shape index (κ3) is 2.70. The van der Waals surface area contributed by atoms with Gasteiger partial charge in [-0.1, -0.05) is 5.53 Å². The minimum Gasteiger partial charge on any atom is -0.304 e. The van der Waals surface area contributed by atoms with Crippen LogP contribution in [0.3, 0.4) is 0 Å². The molecule has 0 aromatic rings. The largest absolute Gasteiger partial charge is 0.304 e. The van der Waals surface area contributed by atoms with Crippen molar-refractivity contribution in [1.29, 1.82) is 0 Å². The number of hydrazine groups is 2. The quantitative estimate of drug-likeness (QED) is 0.314. The van der Waals surface area contributed by atoms with E-state index in [4.69, 9.17) is 5.21 Å². The highest BCUT2D eigenvalue weighted by atomic mass is 16.6. The molecule has 0 aromatic heterocycles. The van der Waals surface area contributed by atoms with E-state index >= 15 is 0 Å². The molecule has 0 aliphatic carbocycles. The molecular weight excluding hydrogens is 162 g/mol. The van der Waals surface area contributed by atoms with Crippen LogP contribution in [-0.2, 0) is 0 Å². The first-order valence-corrected chi connectivity index (χ1v) is 3.77. The first-order chi connectivity index (χ1) is 5.72. The van der Waals surface area contributed by atoms with Gasteiger partial charge in [0.1, 0.15) is 5.29 Å². The highest BCUT2D eigenvalue weighted by Gasteiger charge is 2.16. The molecule has 0 amide bonds. The molecule has 70 valence electrons. The van der Waals surface area contributed by atoms with Crippen LogP contribution in [-0.4, -0.2) is 53.6 Å². The van der Waals surface area contributed by atoms with Crippen LogP contribution < -0.4 is 5.53 Å². The van der Waals surface area contributed by atoms with Crippen LogP contribution in [0.2, 0.25) is 0 Å². The van der Waals surface area contributed by atoms with Gasteiger partial charge in [0.25, 0.3) is 0 Å². The van der Waals surface area contributed by atoms with Crippen molar-refractivity contribution in [3.8, 4) is 0 Å². The lowest BCUT2D eigenvalue weighted by Crippen LogP contribution is -2.54. The van der Waals surface area contributed by atoms with E-state index < -0.39 is 0 Å². The number of likely N-dealkylation sites (N-methyl/N-ethyl adjacent to an activating group) is 1. The van der Waals surface area contributed by atoms with E-state index in [-0.39, 0.29) is 0 Å². The van der Waals surface area contributed by atoms with Crippen LogP contribution in [0.4, 0.5) is 0 Å². The van der Waals surface area contributed by atoms with Gasteiger partial charge < -0.3 is 4.90 Å². The van der Waals surface area contributed by atoms with Gasteiger partial charge in [0.15, 0.2) is 0 Å². The number of nitrogens with zero attached hydrogens (tertiary/aromatic N) is 4. The summed E-state index contributed by atoms with van der Waals surface area (Å²) in [5, 5.41) is 11.5. The lowest BCUT2D eigenvalue weighted by atomic mass is 10.4. The van der Waals surface area contributed by atoms with E-state index in [9.17, 15) is 4.91 Å². The molecule has 1 saturated heterocycles. The standard InChI is InChI=1S/C5H13N5O2/c1-8-2-4-9(5-3-8)6-10(12)7-11/h6,12H,2-5H2,1H3/p+1. The zero-order valence-electron chi connectivity index (χ0n) is 7.03. The summed E-state index contributed by atoms with van der Waals surface area (Å²) in [4.78, 5) is 12.0. The summed E-state index contributed by atoms with van der Waals surface area (Å²) in [6.07, 6.45) is 0. The van der Waals surface area contributed by atoms with Gasteiger partial charge in [-0.2, -0.15) is 0 Å². The number of piperazine rings is 1. The molecule has 1 rings (SSSR count). The number of hydrogen-bond donors (Lipinski definition) is 1. The third-order valence-electron chi connectivity index (χ3n) is 1.82. The molecule has 1 heterocycles. The van der Waals surface area contributed by atoms with E-state index in [1.54, 1.807) is 5.01 Å². The fraction of sp³-hybridized carbons (Fsp3) is 1.00. The Bertz CT molecular complexity index is 147. The average molecular weight is 176 g/mol. The van der Waals surface area contributed by atoms with Crippen molar-refractivity contribution in [2.24, 2.45) is 5.29 Å². The Balaban J connectivity index is 2.21. The molecule has 12 heavy (non-hydrogen) atoms. The van der Waals surface area contributed by atoms with Gasteiger partial charge in [-0.25, -0.2) is 5.01 Å². The summed E-state index contributed by atoms with van der Waals surface area (Å²) in [5.74, 6) is 0. The second kappa shape index (κ2) is 4.31. The van der Waals surface area contributed by atoms with Gasteiger partial charge in [-0.3, -0.25) is 5.21 Å². The maximum absolute atomic E-state index is 9.83. The van der Waals surface area contributed by atoms with Gasteiger partial charge in [0.05, 0.1) is 5.28 Å². The SMILES string of the molecule is CN1CCN(NN([OH2+])N=O)CC1. The molecule has 3 N–H and O–H groups in total. The molecule has 0 saturated carbocycles.